The van der Waals surface area contributed by atoms with Gasteiger partial charge in [-0.1, -0.05) is 0 Å². The fourth-order valence-electron chi connectivity index (χ4n) is 2.80. The Labute approximate surface area is 181 Å². The van der Waals surface area contributed by atoms with Gasteiger partial charge in [0.05, 0.1) is 12.0 Å². The van der Waals surface area contributed by atoms with Gasteiger partial charge in [0, 0.05) is 18.5 Å². The zero-order valence-corrected chi connectivity index (χ0v) is 18.5. The van der Waals surface area contributed by atoms with Gasteiger partial charge in [-0.2, -0.15) is 13.6 Å². The van der Waals surface area contributed by atoms with Crippen LogP contribution in [-0.4, -0.2) is 69.2 Å². The highest BCUT2D eigenvalue weighted by Gasteiger charge is 2.46. The van der Waals surface area contributed by atoms with E-state index in [4.69, 9.17) is 19.4 Å². The summed E-state index contributed by atoms with van der Waals surface area (Å²) in [4.78, 5) is 66.0. The minimum atomic E-state index is -5.76. The van der Waals surface area contributed by atoms with Gasteiger partial charge in [0.2, 0.25) is 0 Å². The van der Waals surface area contributed by atoms with Gasteiger partial charge in [-0.3, -0.25) is 13.9 Å². The molecule has 3 heterocycles. The summed E-state index contributed by atoms with van der Waals surface area (Å²) in [7, 11) is -16.9. The summed E-state index contributed by atoms with van der Waals surface area (Å²) in [6, 6.07) is 1.14. The predicted octanol–water partition coefficient (Wildman–Crippen LogP) is -1.95. The second kappa shape index (κ2) is 9.20. The molecule has 33 heavy (non-hydrogen) atoms. The molecule has 21 heteroatoms. The van der Waals surface area contributed by atoms with E-state index >= 15 is 0 Å². The molecule has 7 N–H and O–H groups in total. The Hall–Kier alpha value is -1.62. The lowest BCUT2D eigenvalue weighted by molar-refractivity contribution is -0.0539. The minimum Gasteiger partial charge on any atom is -0.387 e. The number of pyridine rings is 1. The molecule has 0 aromatic carbocycles. The van der Waals surface area contributed by atoms with Crippen LogP contribution in [0.15, 0.2) is 28.0 Å². The summed E-state index contributed by atoms with van der Waals surface area (Å²) < 4.78 is 51.1. The molecule has 0 bridgehead atoms. The number of aromatic nitrogens is 3. The second-order valence-electron chi connectivity index (χ2n) is 6.47. The zero-order valence-electron chi connectivity index (χ0n) is 15.8. The van der Waals surface area contributed by atoms with E-state index in [1.54, 1.807) is 0 Å². The highest BCUT2D eigenvalue weighted by atomic mass is 31.3. The number of phosphoric ester groups is 1. The standard InChI is InChI=1S/C12H16N3O15P3/c16-6-1-2-13-10-5(6)3-15(12(19)14-10)11-9(18)8(17)7(28-11)4-27-32(23,24)30-33(25,26)29-31(20,21)22/h1-3,7-9,11,17-18H,4H2,(H,23,24)(H,25,26)(H,13,14,19)(H2,20,21,22)/t7-,8?,9+,11-/m1/s1. The molecule has 0 saturated carbocycles. The summed E-state index contributed by atoms with van der Waals surface area (Å²) in [6.07, 6.45) is -4.64. The van der Waals surface area contributed by atoms with Crippen molar-refractivity contribution in [2.24, 2.45) is 0 Å². The van der Waals surface area contributed by atoms with Gasteiger partial charge >= 0.3 is 29.2 Å². The zero-order chi connectivity index (χ0) is 24.8. The first-order chi connectivity index (χ1) is 15.1. The first kappa shape index (κ1) is 26.0. The van der Waals surface area contributed by atoms with E-state index in [2.05, 4.69) is 23.1 Å². The smallest absolute Gasteiger partial charge is 0.387 e. The van der Waals surface area contributed by atoms with Crippen LogP contribution < -0.4 is 11.1 Å². The Morgan fingerprint density at radius 3 is 2.36 bits per heavy atom. The van der Waals surface area contributed by atoms with Gasteiger partial charge in [-0.15, -0.1) is 0 Å². The quantitative estimate of drug-likeness (QED) is 0.181. The van der Waals surface area contributed by atoms with Crippen molar-refractivity contribution in [3.05, 3.63) is 39.2 Å². The van der Waals surface area contributed by atoms with E-state index in [9.17, 15) is 38.4 Å². The Morgan fingerprint density at radius 1 is 1.06 bits per heavy atom. The molecule has 1 aliphatic rings. The van der Waals surface area contributed by atoms with E-state index in [0.717, 1.165) is 12.3 Å². The van der Waals surface area contributed by atoms with Gasteiger partial charge < -0.3 is 39.5 Å². The topological polar surface area (TPSA) is 277 Å². The molecule has 1 aliphatic heterocycles. The van der Waals surface area contributed by atoms with Gasteiger partial charge in [0.15, 0.2) is 11.7 Å². The van der Waals surface area contributed by atoms with Crippen LogP contribution in [0.5, 0.6) is 0 Å². The molecule has 1 fully saturated rings. The average Bonchev–Trinajstić information content (AvgIpc) is 2.91. The van der Waals surface area contributed by atoms with Crippen molar-refractivity contribution in [2.45, 2.75) is 24.5 Å². The van der Waals surface area contributed by atoms with Crippen molar-refractivity contribution >= 4 is 34.5 Å². The molecule has 0 spiro atoms. The van der Waals surface area contributed by atoms with Gasteiger partial charge in [-0.25, -0.2) is 18.5 Å². The Kier molecular flexibility index (Phi) is 7.25. The largest absolute Gasteiger partial charge is 0.490 e. The number of nitrogens with one attached hydrogen (secondary N) is 1. The lowest BCUT2D eigenvalue weighted by Crippen LogP contribution is -2.36. The number of nitrogens with zero attached hydrogens (tertiary/aromatic N) is 2. The average molecular weight is 535 g/mol. The number of phosphoric acid groups is 3. The second-order valence-corrected chi connectivity index (χ2v) is 10.9. The number of ether oxygens (including phenoxy) is 1. The number of hydrogen-bond acceptors (Lipinski definition) is 12. The van der Waals surface area contributed by atoms with Crippen LogP contribution in [0.2, 0.25) is 0 Å². The van der Waals surface area contributed by atoms with Gasteiger partial charge in [-0.05, 0) is 0 Å². The third-order valence-electron chi connectivity index (χ3n) is 4.10. The molecule has 0 amide bonds. The molecule has 1 saturated heterocycles. The summed E-state index contributed by atoms with van der Waals surface area (Å²) in [6.45, 7) is -1.07. The molecular weight excluding hydrogens is 519 g/mol. The highest BCUT2D eigenvalue weighted by molar-refractivity contribution is 7.66. The van der Waals surface area contributed by atoms with Crippen LogP contribution >= 0.6 is 23.5 Å². The molecule has 184 valence electrons. The summed E-state index contributed by atoms with van der Waals surface area (Å²) >= 11 is 0. The monoisotopic (exact) mass is 535 g/mol. The lowest BCUT2D eigenvalue weighted by Gasteiger charge is -2.19. The third-order valence-corrected chi connectivity index (χ3v) is 7.90. The van der Waals surface area contributed by atoms with Crippen molar-refractivity contribution in [3.8, 4) is 0 Å². The maximum Gasteiger partial charge on any atom is 0.490 e. The van der Waals surface area contributed by atoms with Crippen LogP contribution in [0, 0.1) is 0 Å². The van der Waals surface area contributed by atoms with Gasteiger partial charge in [0.1, 0.15) is 24.0 Å². The third kappa shape index (κ3) is 6.29. The van der Waals surface area contributed by atoms with E-state index in [1.807, 2.05) is 0 Å². The molecule has 2 aromatic heterocycles. The number of aliphatic hydroxyl groups is 2. The Morgan fingerprint density at radius 2 is 1.73 bits per heavy atom. The summed E-state index contributed by atoms with van der Waals surface area (Å²) in [5, 5.41) is 20.3. The molecule has 3 unspecified atom stereocenters. The lowest BCUT2D eigenvalue weighted by atomic mass is 10.1. The molecule has 3 rings (SSSR count). The van der Waals surface area contributed by atoms with Crippen molar-refractivity contribution in [1.29, 1.82) is 0 Å². The number of fused-ring (bicyclic) bond motifs is 1. The number of aliphatic hydroxyl groups excluding tert-OH is 2. The fourth-order valence-corrected chi connectivity index (χ4v) is 5.83. The molecule has 18 nitrogen and oxygen atoms in total. The van der Waals surface area contributed by atoms with Crippen LogP contribution in [0.3, 0.4) is 0 Å². The van der Waals surface area contributed by atoms with Crippen molar-refractivity contribution < 1.29 is 61.4 Å². The molecule has 6 atom stereocenters. The van der Waals surface area contributed by atoms with Crippen LogP contribution in [-0.2, 0) is 31.6 Å². The van der Waals surface area contributed by atoms with Crippen LogP contribution in [0.25, 0.3) is 11.0 Å². The van der Waals surface area contributed by atoms with E-state index in [-0.39, 0.29) is 11.0 Å². The van der Waals surface area contributed by atoms with Gasteiger partial charge in [0.25, 0.3) is 0 Å². The fraction of sp³-hybridized carbons (Fsp3) is 0.417. The minimum absolute atomic E-state index is 0.0546. The van der Waals surface area contributed by atoms with Crippen molar-refractivity contribution in [3.63, 3.8) is 0 Å². The van der Waals surface area contributed by atoms with Crippen LogP contribution in [0.4, 0.5) is 0 Å². The first-order valence-corrected chi connectivity index (χ1v) is 13.0. The molecule has 0 aliphatic carbocycles. The van der Waals surface area contributed by atoms with E-state index < -0.39 is 65.7 Å². The Bertz CT molecular complexity index is 1300. The highest BCUT2D eigenvalue weighted by Crippen LogP contribution is 2.66. The summed E-state index contributed by atoms with van der Waals surface area (Å²) in [5.41, 5.74) is -1.57. The van der Waals surface area contributed by atoms with E-state index in [1.165, 1.54) is 6.20 Å². The number of rotatable bonds is 8. The van der Waals surface area contributed by atoms with Crippen LogP contribution in [0.1, 0.15) is 6.23 Å². The maximum absolute atomic E-state index is 12.3. The first-order valence-electron chi connectivity index (χ1n) is 8.49. The van der Waals surface area contributed by atoms with Crippen molar-refractivity contribution in [2.75, 3.05) is 6.61 Å². The molecular formula is C12H16N3O15P3. The van der Waals surface area contributed by atoms with Crippen molar-refractivity contribution in [1.82, 2.24) is 14.5 Å². The predicted molar refractivity (Wildman–Crippen MR) is 102 cm³/mol. The number of H-pyrrole nitrogens is 1. The maximum atomic E-state index is 12.3. The Balaban J connectivity index is 1.75. The number of aromatic amines is 1. The SMILES string of the molecule is O=c1cc[nH]c2nc(=O)n([C@@H]3O[C@H](COP(=O)(O)OP(=O)(O)OP(=O)(O)O)C(O)[C@@H]3O)cc12. The van der Waals surface area contributed by atoms with E-state index in [0.29, 0.717) is 4.57 Å². The molecule has 0 radical (unpaired) electrons. The summed E-state index contributed by atoms with van der Waals surface area (Å²) in [5.74, 6) is 0. The number of hydrogen-bond donors (Lipinski definition) is 7. The molecule has 2 aromatic rings. The normalized spacial score (nSPS) is 27.3.